The third-order valence-electron chi connectivity index (χ3n) is 3.69. The molecule has 2 rings (SSSR count). The lowest BCUT2D eigenvalue weighted by atomic mass is 9.74. The number of ether oxygens (including phenoxy) is 1. The van der Waals surface area contributed by atoms with Crippen molar-refractivity contribution in [2.45, 2.75) is 25.7 Å². The Bertz CT molecular complexity index is 333. The van der Waals surface area contributed by atoms with Gasteiger partial charge in [0.15, 0.2) is 0 Å². The van der Waals surface area contributed by atoms with E-state index >= 15 is 0 Å². The van der Waals surface area contributed by atoms with Gasteiger partial charge in [-0.05, 0) is 29.9 Å². The fourth-order valence-corrected chi connectivity index (χ4v) is 2.77. The summed E-state index contributed by atoms with van der Waals surface area (Å²) in [5, 5.41) is 0. The van der Waals surface area contributed by atoms with E-state index in [2.05, 4.69) is 12.1 Å². The van der Waals surface area contributed by atoms with Crippen LogP contribution in [0.4, 0.5) is 0 Å². The summed E-state index contributed by atoms with van der Waals surface area (Å²) >= 11 is 6.08. The zero-order valence-corrected chi connectivity index (χ0v) is 10.5. The van der Waals surface area contributed by atoms with E-state index in [-0.39, 0.29) is 0 Å². The Labute approximate surface area is 103 Å². The van der Waals surface area contributed by atoms with Crippen LogP contribution in [0, 0.1) is 11.8 Å². The van der Waals surface area contributed by atoms with Crippen molar-refractivity contribution >= 4 is 11.6 Å². The van der Waals surface area contributed by atoms with E-state index in [4.69, 9.17) is 16.3 Å². The van der Waals surface area contributed by atoms with Crippen molar-refractivity contribution in [3.8, 4) is 5.75 Å². The van der Waals surface area contributed by atoms with Crippen molar-refractivity contribution in [2.75, 3.05) is 13.0 Å². The van der Waals surface area contributed by atoms with Crippen molar-refractivity contribution in [2.24, 2.45) is 11.8 Å². The molecule has 0 heterocycles. The summed E-state index contributed by atoms with van der Waals surface area (Å²) < 4.78 is 5.38. The first kappa shape index (κ1) is 11.8. The molecule has 0 amide bonds. The van der Waals surface area contributed by atoms with Gasteiger partial charge in [-0.1, -0.05) is 37.5 Å². The van der Waals surface area contributed by atoms with Gasteiger partial charge in [-0.25, -0.2) is 0 Å². The second kappa shape index (κ2) is 5.58. The third kappa shape index (κ3) is 2.52. The standard InChI is InChI=1S/C14H19ClO/c1-16-14-8-3-2-5-12(14)9-13(10-15)11-6-4-7-11/h2-3,5,8,11,13H,4,6-7,9-10H2,1H3. The molecule has 1 fully saturated rings. The molecule has 0 saturated heterocycles. The summed E-state index contributed by atoms with van der Waals surface area (Å²) in [7, 11) is 1.73. The summed E-state index contributed by atoms with van der Waals surface area (Å²) in [6, 6.07) is 8.27. The van der Waals surface area contributed by atoms with Crippen LogP contribution >= 0.6 is 11.6 Å². The van der Waals surface area contributed by atoms with Gasteiger partial charge in [0.2, 0.25) is 0 Å². The molecule has 1 unspecified atom stereocenters. The van der Waals surface area contributed by atoms with Gasteiger partial charge in [-0.3, -0.25) is 0 Å². The highest BCUT2D eigenvalue weighted by Crippen LogP contribution is 2.37. The second-order valence-electron chi connectivity index (χ2n) is 4.62. The van der Waals surface area contributed by atoms with Gasteiger partial charge in [0, 0.05) is 5.88 Å². The molecule has 0 radical (unpaired) electrons. The Morgan fingerprint density at radius 3 is 2.69 bits per heavy atom. The van der Waals surface area contributed by atoms with Gasteiger partial charge in [0.25, 0.3) is 0 Å². The van der Waals surface area contributed by atoms with Gasteiger partial charge in [0.05, 0.1) is 7.11 Å². The van der Waals surface area contributed by atoms with Crippen LogP contribution in [0.2, 0.25) is 0 Å². The zero-order valence-electron chi connectivity index (χ0n) is 9.79. The number of para-hydroxylation sites is 1. The molecule has 1 aromatic carbocycles. The van der Waals surface area contributed by atoms with E-state index in [1.54, 1.807) is 7.11 Å². The molecule has 1 aliphatic carbocycles. The maximum absolute atomic E-state index is 6.08. The van der Waals surface area contributed by atoms with E-state index in [1.807, 2.05) is 12.1 Å². The SMILES string of the molecule is COc1ccccc1CC(CCl)C1CCC1. The third-order valence-corrected chi connectivity index (χ3v) is 4.09. The first-order valence-electron chi connectivity index (χ1n) is 6.03. The molecule has 0 aliphatic heterocycles. The second-order valence-corrected chi connectivity index (χ2v) is 4.93. The maximum Gasteiger partial charge on any atom is 0.122 e. The number of methoxy groups -OCH3 is 1. The molecule has 0 spiro atoms. The van der Waals surface area contributed by atoms with Gasteiger partial charge < -0.3 is 4.74 Å². The number of halogens is 1. The minimum atomic E-state index is 0.617. The zero-order chi connectivity index (χ0) is 11.4. The van der Waals surface area contributed by atoms with Crippen LogP contribution in [0.15, 0.2) is 24.3 Å². The summed E-state index contributed by atoms with van der Waals surface area (Å²) in [6.07, 6.45) is 5.14. The van der Waals surface area contributed by atoms with Crippen molar-refractivity contribution in [3.63, 3.8) is 0 Å². The van der Waals surface area contributed by atoms with E-state index in [9.17, 15) is 0 Å². The van der Waals surface area contributed by atoms with Crippen LogP contribution in [-0.2, 0) is 6.42 Å². The van der Waals surface area contributed by atoms with Crippen LogP contribution in [0.1, 0.15) is 24.8 Å². The van der Waals surface area contributed by atoms with Gasteiger partial charge >= 0.3 is 0 Å². The highest BCUT2D eigenvalue weighted by atomic mass is 35.5. The molecule has 1 saturated carbocycles. The Morgan fingerprint density at radius 1 is 1.38 bits per heavy atom. The Kier molecular flexibility index (Phi) is 4.11. The Balaban J connectivity index is 2.05. The van der Waals surface area contributed by atoms with Crippen LogP contribution < -0.4 is 4.74 Å². The topological polar surface area (TPSA) is 9.23 Å². The lowest BCUT2D eigenvalue weighted by Crippen LogP contribution is -2.25. The Morgan fingerprint density at radius 2 is 2.12 bits per heavy atom. The molecule has 88 valence electrons. The number of alkyl halides is 1. The van der Waals surface area contributed by atoms with E-state index in [0.29, 0.717) is 5.92 Å². The fourth-order valence-electron chi connectivity index (χ4n) is 2.41. The number of benzene rings is 1. The fraction of sp³-hybridized carbons (Fsp3) is 0.571. The van der Waals surface area contributed by atoms with Gasteiger partial charge in [0.1, 0.15) is 5.75 Å². The normalized spacial score (nSPS) is 17.9. The minimum Gasteiger partial charge on any atom is -0.496 e. The van der Waals surface area contributed by atoms with E-state index < -0.39 is 0 Å². The van der Waals surface area contributed by atoms with E-state index in [0.717, 1.165) is 24.0 Å². The highest BCUT2D eigenvalue weighted by molar-refractivity contribution is 6.18. The summed E-state index contributed by atoms with van der Waals surface area (Å²) in [5.41, 5.74) is 1.29. The molecule has 1 nitrogen and oxygen atoms in total. The van der Waals surface area contributed by atoms with Crippen molar-refractivity contribution < 1.29 is 4.74 Å². The molecular weight excluding hydrogens is 220 g/mol. The summed E-state index contributed by atoms with van der Waals surface area (Å²) in [5.74, 6) is 3.22. The molecule has 0 bridgehead atoms. The summed E-state index contributed by atoms with van der Waals surface area (Å²) in [4.78, 5) is 0. The smallest absolute Gasteiger partial charge is 0.122 e. The lowest BCUT2D eigenvalue weighted by molar-refractivity contribution is 0.221. The molecule has 1 aromatic rings. The van der Waals surface area contributed by atoms with Crippen LogP contribution in [0.25, 0.3) is 0 Å². The molecule has 1 atom stereocenters. The van der Waals surface area contributed by atoms with Gasteiger partial charge in [-0.2, -0.15) is 0 Å². The quantitative estimate of drug-likeness (QED) is 0.708. The first-order valence-corrected chi connectivity index (χ1v) is 6.56. The average Bonchev–Trinajstić information content (AvgIpc) is 2.26. The molecular formula is C14H19ClO. The number of rotatable bonds is 5. The lowest BCUT2D eigenvalue weighted by Gasteiger charge is -2.33. The highest BCUT2D eigenvalue weighted by Gasteiger charge is 2.27. The predicted octanol–water partition coefficient (Wildman–Crippen LogP) is 3.89. The molecule has 1 aliphatic rings. The van der Waals surface area contributed by atoms with Crippen molar-refractivity contribution in [1.29, 1.82) is 0 Å². The number of hydrogen-bond acceptors (Lipinski definition) is 1. The van der Waals surface area contributed by atoms with E-state index in [1.165, 1.54) is 24.8 Å². The van der Waals surface area contributed by atoms with Crippen LogP contribution in [0.3, 0.4) is 0 Å². The van der Waals surface area contributed by atoms with Crippen molar-refractivity contribution in [3.05, 3.63) is 29.8 Å². The molecule has 16 heavy (non-hydrogen) atoms. The molecule has 0 aromatic heterocycles. The molecule has 0 N–H and O–H groups in total. The largest absolute Gasteiger partial charge is 0.496 e. The van der Waals surface area contributed by atoms with Gasteiger partial charge in [-0.15, -0.1) is 11.6 Å². The number of hydrogen-bond donors (Lipinski definition) is 0. The monoisotopic (exact) mass is 238 g/mol. The first-order chi connectivity index (χ1) is 7.85. The van der Waals surface area contributed by atoms with Crippen molar-refractivity contribution in [1.82, 2.24) is 0 Å². The predicted molar refractivity (Wildman–Crippen MR) is 68.2 cm³/mol. The van der Waals surface area contributed by atoms with Crippen LogP contribution in [0.5, 0.6) is 5.75 Å². The maximum atomic E-state index is 6.08. The summed E-state index contributed by atoms with van der Waals surface area (Å²) in [6.45, 7) is 0. The minimum absolute atomic E-state index is 0.617. The molecule has 2 heteroatoms. The Hall–Kier alpha value is -0.690. The van der Waals surface area contributed by atoms with Crippen LogP contribution in [-0.4, -0.2) is 13.0 Å². The average molecular weight is 239 g/mol.